The van der Waals surface area contributed by atoms with Gasteiger partial charge in [-0.2, -0.15) is 13.2 Å². The van der Waals surface area contributed by atoms with Crippen molar-refractivity contribution in [1.29, 1.82) is 0 Å². The van der Waals surface area contributed by atoms with Crippen molar-refractivity contribution in [3.63, 3.8) is 0 Å². The standard InChI is InChI=1S/C12H19F3N2O4/c13-12(14,15)8-16(5-6-18)11(21)17(7-10(19)20)9-3-1-2-4-9/h9,18H,1-8H2,(H,19,20). The van der Waals surface area contributed by atoms with E-state index < -0.39 is 44.4 Å². The number of carboxylic acids is 1. The summed E-state index contributed by atoms with van der Waals surface area (Å²) >= 11 is 0. The van der Waals surface area contributed by atoms with Crippen LogP contribution < -0.4 is 0 Å². The van der Waals surface area contributed by atoms with Gasteiger partial charge < -0.3 is 20.0 Å². The number of hydrogen-bond acceptors (Lipinski definition) is 3. The number of aliphatic carboxylic acids is 1. The van der Waals surface area contributed by atoms with Gasteiger partial charge in [-0.15, -0.1) is 0 Å². The molecular formula is C12H19F3N2O4. The average molecular weight is 312 g/mol. The third kappa shape index (κ3) is 5.78. The summed E-state index contributed by atoms with van der Waals surface area (Å²) in [5, 5.41) is 17.7. The van der Waals surface area contributed by atoms with E-state index >= 15 is 0 Å². The molecule has 0 radical (unpaired) electrons. The fraction of sp³-hybridized carbons (Fsp3) is 0.833. The van der Waals surface area contributed by atoms with Crippen LogP contribution in [0.5, 0.6) is 0 Å². The van der Waals surface area contributed by atoms with Crippen LogP contribution in [0.4, 0.5) is 18.0 Å². The quantitative estimate of drug-likeness (QED) is 0.774. The summed E-state index contributed by atoms with van der Waals surface area (Å²) in [6, 6.07) is -1.35. The van der Waals surface area contributed by atoms with Crippen LogP contribution >= 0.6 is 0 Å². The number of carboxylic acid groups (broad SMARTS) is 1. The lowest BCUT2D eigenvalue weighted by Gasteiger charge is -2.33. The second kappa shape index (κ2) is 7.48. The van der Waals surface area contributed by atoms with Gasteiger partial charge in [-0.25, -0.2) is 4.79 Å². The minimum absolute atomic E-state index is 0.358. The van der Waals surface area contributed by atoms with E-state index in [1.165, 1.54) is 0 Å². The molecule has 6 nitrogen and oxygen atoms in total. The van der Waals surface area contributed by atoms with Gasteiger partial charge in [0.25, 0.3) is 0 Å². The molecule has 122 valence electrons. The van der Waals surface area contributed by atoms with Gasteiger partial charge >= 0.3 is 18.2 Å². The maximum atomic E-state index is 12.5. The maximum absolute atomic E-state index is 12.5. The molecule has 0 bridgehead atoms. The SMILES string of the molecule is O=C(O)CN(C(=O)N(CCO)CC(F)(F)F)C1CCCC1. The molecule has 0 spiro atoms. The first-order valence-corrected chi connectivity index (χ1v) is 6.69. The number of urea groups is 1. The number of amides is 2. The molecule has 1 fully saturated rings. The van der Waals surface area contributed by atoms with Crippen LogP contribution in [0.3, 0.4) is 0 Å². The molecule has 0 aromatic carbocycles. The van der Waals surface area contributed by atoms with Crippen LogP contribution in [0.1, 0.15) is 25.7 Å². The molecule has 1 aliphatic rings. The van der Waals surface area contributed by atoms with Crippen LogP contribution in [0.25, 0.3) is 0 Å². The van der Waals surface area contributed by atoms with Crippen LogP contribution in [0.2, 0.25) is 0 Å². The molecule has 0 heterocycles. The first-order valence-electron chi connectivity index (χ1n) is 6.69. The number of halogens is 3. The van der Waals surface area contributed by atoms with E-state index in [2.05, 4.69) is 0 Å². The van der Waals surface area contributed by atoms with Crippen molar-refractivity contribution < 1.29 is 33.0 Å². The molecule has 0 aromatic heterocycles. The van der Waals surface area contributed by atoms with E-state index in [0.29, 0.717) is 17.7 Å². The lowest BCUT2D eigenvalue weighted by Crippen LogP contribution is -2.52. The molecule has 1 rings (SSSR count). The number of carbonyl (C=O) groups excluding carboxylic acids is 1. The predicted octanol–water partition coefficient (Wildman–Crippen LogP) is 1.29. The van der Waals surface area contributed by atoms with Gasteiger partial charge in [-0.05, 0) is 12.8 Å². The Morgan fingerprint density at radius 2 is 1.76 bits per heavy atom. The highest BCUT2D eigenvalue weighted by Crippen LogP contribution is 2.25. The van der Waals surface area contributed by atoms with Crippen molar-refractivity contribution in [3.05, 3.63) is 0 Å². The van der Waals surface area contributed by atoms with E-state index in [1.807, 2.05) is 0 Å². The maximum Gasteiger partial charge on any atom is 0.406 e. The van der Waals surface area contributed by atoms with Crippen molar-refractivity contribution >= 4 is 12.0 Å². The first kappa shape index (κ1) is 17.5. The molecule has 2 N–H and O–H groups in total. The Balaban J connectivity index is 2.85. The summed E-state index contributed by atoms with van der Waals surface area (Å²) < 4.78 is 37.4. The second-order valence-electron chi connectivity index (χ2n) is 5.00. The minimum atomic E-state index is -4.60. The van der Waals surface area contributed by atoms with Gasteiger partial charge in [-0.1, -0.05) is 12.8 Å². The summed E-state index contributed by atoms with van der Waals surface area (Å²) in [5.74, 6) is -1.27. The zero-order chi connectivity index (χ0) is 16.0. The topological polar surface area (TPSA) is 81.1 Å². The average Bonchev–Trinajstić information content (AvgIpc) is 2.86. The van der Waals surface area contributed by atoms with Crippen LogP contribution in [0.15, 0.2) is 0 Å². The highest BCUT2D eigenvalue weighted by molar-refractivity contribution is 5.80. The summed E-state index contributed by atoms with van der Waals surface area (Å²) in [6.45, 7) is -3.24. The Labute approximate surface area is 120 Å². The molecule has 0 saturated heterocycles. The van der Waals surface area contributed by atoms with Gasteiger partial charge in [0, 0.05) is 12.6 Å². The van der Waals surface area contributed by atoms with Crippen molar-refractivity contribution in [2.75, 3.05) is 26.2 Å². The largest absolute Gasteiger partial charge is 0.480 e. The van der Waals surface area contributed by atoms with Crippen molar-refractivity contribution in [1.82, 2.24) is 9.80 Å². The zero-order valence-electron chi connectivity index (χ0n) is 11.5. The third-order valence-electron chi connectivity index (χ3n) is 3.33. The van der Waals surface area contributed by atoms with E-state index in [1.54, 1.807) is 0 Å². The number of aliphatic hydroxyl groups is 1. The fourth-order valence-corrected chi connectivity index (χ4v) is 2.48. The number of nitrogens with zero attached hydrogens (tertiary/aromatic N) is 2. The Hall–Kier alpha value is -1.51. The van der Waals surface area contributed by atoms with Gasteiger partial charge in [0.2, 0.25) is 0 Å². The number of carbonyl (C=O) groups is 2. The molecule has 1 aliphatic carbocycles. The second-order valence-corrected chi connectivity index (χ2v) is 5.00. The Kier molecular flexibility index (Phi) is 6.25. The fourth-order valence-electron chi connectivity index (χ4n) is 2.48. The monoisotopic (exact) mass is 312 g/mol. The first-order chi connectivity index (χ1) is 9.74. The molecule has 21 heavy (non-hydrogen) atoms. The van der Waals surface area contributed by atoms with Gasteiger partial charge in [-0.3, -0.25) is 4.79 Å². The normalized spacial score (nSPS) is 16.0. The summed E-state index contributed by atoms with van der Waals surface area (Å²) in [5.41, 5.74) is 0. The van der Waals surface area contributed by atoms with Crippen molar-refractivity contribution in [2.24, 2.45) is 0 Å². The molecule has 2 amide bonds. The third-order valence-corrected chi connectivity index (χ3v) is 3.33. The predicted molar refractivity (Wildman–Crippen MR) is 66.7 cm³/mol. The van der Waals surface area contributed by atoms with E-state index in [4.69, 9.17) is 10.2 Å². The van der Waals surface area contributed by atoms with E-state index in [-0.39, 0.29) is 6.04 Å². The van der Waals surface area contributed by atoms with Crippen molar-refractivity contribution in [3.8, 4) is 0 Å². The molecular weight excluding hydrogens is 293 g/mol. The molecule has 9 heteroatoms. The molecule has 1 saturated carbocycles. The van der Waals surface area contributed by atoms with Gasteiger partial charge in [0.15, 0.2) is 0 Å². The molecule has 0 aliphatic heterocycles. The Bertz CT molecular complexity index is 370. The van der Waals surface area contributed by atoms with Crippen LogP contribution in [0, 0.1) is 0 Å². The lowest BCUT2D eigenvalue weighted by atomic mass is 10.2. The van der Waals surface area contributed by atoms with Gasteiger partial charge in [0.1, 0.15) is 13.1 Å². The van der Waals surface area contributed by atoms with E-state index in [9.17, 15) is 22.8 Å². The van der Waals surface area contributed by atoms with Gasteiger partial charge in [0.05, 0.1) is 6.61 Å². The number of alkyl halides is 3. The van der Waals surface area contributed by atoms with Crippen molar-refractivity contribution in [2.45, 2.75) is 37.9 Å². The molecule has 0 unspecified atom stereocenters. The molecule has 0 aromatic rings. The van der Waals surface area contributed by atoms with Crippen LogP contribution in [-0.2, 0) is 4.79 Å². The summed E-state index contributed by atoms with van der Waals surface area (Å²) in [4.78, 5) is 24.5. The summed E-state index contributed by atoms with van der Waals surface area (Å²) in [7, 11) is 0. The lowest BCUT2D eigenvalue weighted by molar-refractivity contribution is -0.143. The van der Waals surface area contributed by atoms with E-state index in [0.717, 1.165) is 17.7 Å². The number of hydrogen-bond donors (Lipinski definition) is 2. The van der Waals surface area contributed by atoms with Crippen LogP contribution in [-0.4, -0.2) is 70.5 Å². The zero-order valence-corrected chi connectivity index (χ0v) is 11.5. The highest BCUT2D eigenvalue weighted by Gasteiger charge is 2.37. The Morgan fingerprint density at radius 3 is 2.19 bits per heavy atom. The summed E-state index contributed by atoms with van der Waals surface area (Å²) in [6.07, 6.45) is -1.81. The number of rotatable bonds is 6. The highest BCUT2D eigenvalue weighted by atomic mass is 19.4. The smallest absolute Gasteiger partial charge is 0.406 e. The Morgan fingerprint density at radius 1 is 1.19 bits per heavy atom. The molecule has 0 atom stereocenters. The number of aliphatic hydroxyl groups excluding tert-OH is 1. The minimum Gasteiger partial charge on any atom is -0.480 e.